The highest BCUT2D eigenvalue weighted by Crippen LogP contribution is 2.34. The van der Waals surface area contributed by atoms with Gasteiger partial charge in [-0.25, -0.2) is 8.42 Å². The number of anilines is 1. The first-order valence-corrected chi connectivity index (χ1v) is 11.9. The quantitative estimate of drug-likeness (QED) is 0.389. The molecular formula is C22H17N3O4S3. The number of aryl methyl sites for hydroxylation is 1. The predicted molar refractivity (Wildman–Crippen MR) is 128 cm³/mol. The van der Waals surface area contributed by atoms with Gasteiger partial charge in [0, 0.05) is 18.8 Å². The summed E-state index contributed by atoms with van der Waals surface area (Å²) >= 11 is 6.24. The Morgan fingerprint density at radius 2 is 1.78 bits per heavy atom. The third-order valence-electron chi connectivity index (χ3n) is 4.33. The van der Waals surface area contributed by atoms with Crippen LogP contribution in [0.3, 0.4) is 0 Å². The number of carbonyl (C=O) groups is 2. The van der Waals surface area contributed by atoms with Crippen LogP contribution in [0.4, 0.5) is 5.69 Å². The zero-order valence-electron chi connectivity index (χ0n) is 17.0. The highest BCUT2D eigenvalue weighted by Gasteiger charge is 2.33. The van der Waals surface area contributed by atoms with Crippen LogP contribution in [-0.2, 0) is 19.4 Å². The number of amides is 2. The summed E-state index contributed by atoms with van der Waals surface area (Å²) in [6, 6.07) is 14.6. The van der Waals surface area contributed by atoms with Gasteiger partial charge in [-0.05, 0) is 42.8 Å². The molecule has 2 aromatic rings. The van der Waals surface area contributed by atoms with Crippen molar-refractivity contribution in [2.45, 2.75) is 18.7 Å². The van der Waals surface area contributed by atoms with Crippen molar-refractivity contribution in [1.82, 2.24) is 4.90 Å². The maximum atomic E-state index is 12.8. The van der Waals surface area contributed by atoms with Gasteiger partial charge >= 0.3 is 0 Å². The van der Waals surface area contributed by atoms with Gasteiger partial charge in [0.25, 0.3) is 5.91 Å². The van der Waals surface area contributed by atoms with E-state index in [1.165, 1.54) is 19.1 Å². The van der Waals surface area contributed by atoms with Crippen molar-refractivity contribution in [2.24, 2.45) is 0 Å². The van der Waals surface area contributed by atoms with E-state index in [9.17, 15) is 23.3 Å². The number of nitrogens with zero attached hydrogens (tertiary/aromatic N) is 2. The molecule has 7 nitrogen and oxygen atoms in total. The molecule has 0 unspecified atom stereocenters. The third-order valence-corrected chi connectivity index (χ3v) is 7.33. The topological polar surface area (TPSA) is 107 Å². The van der Waals surface area contributed by atoms with E-state index in [4.69, 9.17) is 12.2 Å². The molecule has 0 aromatic heterocycles. The Kier molecular flexibility index (Phi) is 6.93. The minimum Gasteiger partial charge on any atom is -0.326 e. The first-order chi connectivity index (χ1) is 15.1. The second-order valence-electron chi connectivity index (χ2n) is 6.78. The number of thiocarbonyl (C=S) groups is 1. The van der Waals surface area contributed by atoms with Crippen LogP contribution in [0, 0.1) is 18.3 Å². The summed E-state index contributed by atoms with van der Waals surface area (Å²) in [5.41, 5.74) is 2.18. The molecule has 0 aliphatic carbocycles. The summed E-state index contributed by atoms with van der Waals surface area (Å²) in [7, 11) is -4.11. The number of allylic oxidation sites excluding steroid dienone is 1. The van der Waals surface area contributed by atoms with E-state index < -0.39 is 20.6 Å². The molecule has 0 spiro atoms. The monoisotopic (exact) mass is 483 g/mol. The average molecular weight is 484 g/mol. The van der Waals surface area contributed by atoms with Crippen LogP contribution >= 0.6 is 24.0 Å². The molecular weight excluding hydrogens is 466 g/mol. The van der Waals surface area contributed by atoms with E-state index in [2.05, 4.69) is 5.32 Å². The molecule has 1 saturated heterocycles. The molecule has 1 heterocycles. The van der Waals surface area contributed by atoms with Crippen LogP contribution in [-0.4, -0.2) is 29.5 Å². The molecule has 0 radical (unpaired) electrons. The lowest BCUT2D eigenvalue weighted by molar-refractivity contribution is -0.120. The van der Waals surface area contributed by atoms with E-state index in [0.717, 1.165) is 28.4 Å². The molecule has 2 amide bonds. The maximum absolute atomic E-state index is 12.8. The van der Waals surface area contributed by atoms with E-state index in [-0.39, 0.29) is 20.0 Å². The number of nitrogens with one attached hydrogen (secondary N) is 1. The zero-order chi connectivity index (χ0) is 23.5. The smallest absolute Gasteiger partial charge is 0.270 e. The van der Waals surface area contributed by atoms with Crippen LogP contribution < -0.4 is 5.32 Å². The predicted octanol–water partition coefficient (Wildman–Crippen LogP) is 3.99. The van der Waals surface area contributed by atoms with E-state index in [1.807, 2.05) is 6.92 Å². The molecule has 1 aliphatic heterocycles. The fourth-order valence-electron chi connectivity index (χ4n) is 2.73. The maximum Gasteiger partial charge on any atom is 0.270 e. The summed E-state index contributed by atoms with van der Waals surface area (Å²) in [5, 5.41) is 12.1. The van der Waals surface area contributed by atoms with Crippen molar-refractivity contribution in [2.75, 3.05) is 5.32 Å². The summed E-state index contributed by atoms with van der Waals surface area (Å²) < 4.78 is 25.8. The molecule has 162 valence electrons. The fraction of sp³-hybridized carbons (Fsp3) is 0.0909. The summed E-state index contributed by atoms with van der Waals surface area (Å²) in [5.74, 6) is -0.725. The second-order valence-corrected chi connectivity index (χ2v) is 10.4. The number of rotatable bonds is 5. The number of thioether (sulfide) groups is 1. The number of hydrogen-bond acceptors (Lipinski definition) is 7. The summed E-state index contributed by atoms with van der Waals surface area (Å²) in [4.78, 5) is 24.6. The third kappa shape index (κ3) is 5.13. The van der Waals surface area contributed by atoms with Crippen LogP contribution in [0.5, 0.6) is 0 Å². The fourth-order valence-corrected chi connectivity index (χ4v) is 5.05. The van der Waals surface area contributed by atoms with Gasteiger partial charge in [-0.15, -0.1) is 0 Å². The lowest BCUT2D eigenvalue weighted by Crippen LogP contribution is -2.23. The van der Waals surface area contributed by atoms with Crippen LogP contribution in [0.25, 0.3) is 6.08 Å². The largest absolute Gasteiger partial charge is 0.326 e. The zero-order valence-corrected chi connectivity index (χ0v) is 19.5. The Labute approximate surface area is 195 Å². The van der Waals surface area contributed by atoms with Crippen LogP contribution in [0.2, 0.25) is 0 Å². The minimum atomic E-state index is -4.11. The normalized spacial score (nSPS) is 15.7. The second kappa shape index (κ2) is 9.48. The molecule has 0 atom stereocenters. The van der Waals surface area contributed by atoms with Gasteiger partial charge in [-0.1, -0.05) is 53.8 Å². The molecule has 2 aromatic carbocycles. The van der Waals surface area contributed by atoms with E-state index in [1.54, 1.807) is 48.5 Å². The molecule has 0 saturated carbocycles. The summed E-state index contributed by atoms with van der Waals surface area (Å²) in [6.07, 6.45) is 2.57. The molecule has 32 heavy (non-hydrogen) atoms. The van der Waals surface area contributed by atoms with Gasteiger partial charge in [0.05, 0.1) is 9.80 Å². The first kappa shape index (κ1) is 23.4. The lowest BCUT2D eigenvalue weighted by atomic mass is 10.2. The Hall–Kier alpha value is -3.26. The highest BCUT2D eigenvalue weighted by atomic mass is 32.2. The van der Waals surface area contributed by atoms with Crippen LogP contribution in [0.1, 0.15) is 18.1 Å². The Balaban J connectivity index is 1.88. The molecule has 10 heteroatoms. The van der Waals surface area contributed by atoms with E-state index >= 15 is 0 Å². The Morgan fingerprint density at radius 1 is 1.16 bits per heavy atom. The molecule has 3 rings (SSSR count). The van der Waals surface area contributed by atoms with Crippen molar-refractivity contribution < 1.29 is 18.0 Å². The van der Waals surface area contributed by atoms with Gasteiger partial charge in [0.2, 0.25) is 15.7 Å². The number of sulfone groups is 1. The number of benzene rings is 2. The van der Waals surface area contributed by atoms with Crippen molar-refractivity contribution in [3.63, 3.8) is 0 Å². The average Bonchev–Trinajstić information content (AvgIpc) is 3.00. The highest BCUT2D eigenvalue weighted by molar-refractivity contribution is 8.26. The number of nitriles is 1. The van der Waals surface area contributed by atoms with Gasteiger partial charge < -0.3 is 5.32 Å². The summed E-state index contributed by atoms with van der Waals surface area (Å²) in [6.45, 7) is 3.22. The first-order valence-electron chi connectivity index (χ1n) is 9.20. The Bertz CT molecular complexity index is 1300. The molecule has 1 N–H and O–H groups in total. The number of hydrogen-bond donors (Lipinski definition) is 1. The van der Waals surface area contributed by atoms with E-state index in [0.29, 0.717) is 11.3 Å². The number of carbonyl (C=O) groups excluding carboxylic acids is 2. The Morgan fingerprint density at radius 3 is 2.34 bits per heavy atom. The van der Waals surface area contributed by atoms with Gasteiger partial charge in [-0.3, -0.25) is 14.5 Å². The van der Waals surface area contributed by atoms with Crippen LogP contribution in [0.15, 0.2) is 69.4 Å². The molecule has 1 aliphatic rings. The lowest BCUT2D eigenvalue weighted by Gasteiger charge is -2.10. The molecule has 0 bridgehead atoms. The SMILES string of the molecule is CC(=O)Nc1ccc(/C=C2\SC(=S)N(/C=C(\C#N)S(=O)(=O)c3ccc(C)cc3)C2=O)cc1. The van der Waals surface area contributed by atoms with Crippen molar-refractivity contribution in [3.05, 3.63) is 75.7 Å². The minimum absolute atomic E-state index is 0.0452. The van der Waals surface area contributed by atoms with Crippen molar-refractivity contribution in [1.29, 1.82) is 5.26 Å². The van der Waals surface area contributed by atoms with Crippen molar-refractivity contribution >= 4 is 61.7 Å². The van der Waals surface area contributed by atoms with Crippen molar-refractivity contribution in [3.8, 4) is 6.07 Å². The standard InChI is InChI=1S/C22H17N3O4S3/c1-14-3-9-18(10-4-14)32(28,29)19(12-23)13-25-21(27)20(31-22(25)30)11-16-5-7-17(8-6-16)24-15(2)26/h3-11,13H,1-2H3,(H,24,26)/b19-13+,20-11-. The van der Waals surface area contributed by atoms with Gasteiger partial charge in [0.15, 0.2) is 9.23 Å². The van der Waals surface area contributed by atoms with Gasteiger partial charge in [-0.2, -0.15) is 5.26 Å². The van der Waals surface area contributed by atoms with Gasteiger partial charge in [0.1, 0.15) is 6.07 Å². The molecule has 1 fully saturated rings.